The van der Waals surface area contributed by atoms with Gasteiger partial charge in [-0.2, -0.15) is 0 Å². The van der Waals surface area contributed by atoms with Crippen molar-refractivity contribution in [1.29, 1.82) is 0 Å². The predicted molar refractivity (Wildman–Crippen MR) is 87.9 cm³/mol. The Hall–Kier alpha value is -1.06. The van der Waals surface area contributed by atoms with Gasteiger partial charge in [0.15, 0.2) is 0 Å². The fourth-order valence-electron chi connectivity index (χ4n) is 3.35. The molecule has 4 unspecified atom stereocenters. The molecule has 21 heavy (non-hydrogen) atoms. The van der Waals surface area contributed by atoms with Crippen molar-refractivity contribution < 1.29 is 4.79 Å². The molecule has 0 aromatic heterocycles. The van der Waals surface area contributed by atoms with Crippen molar-refractivity contribution in [2.45, 2.75) is 38.6 Å². The lowest BCUT2D eigenvalue weighted by Crippen LogP contribution is -2.48. The third-order valence-electron chi connectivity index (χ3n) is 4.83. The number of carbonyl (C=O) groups excluding carboxylic acids is 1. The predicted octanol–water partition coefficient (Wildman–Crippen LogP) is 2.63. The van der Waals surface area contributed by atoms with E-state index in [-0.39, 0.29) is 24.2 Å². The van der Waals surface area contributed by atoms with Crippen LogP contribution in [0.1, 0.15) is 36.8 Å². The molecule has 1 aromatic carbocycles. The zero-order chi connectivity index (χ0) is 14.1. The highest BCUT2D eigenvalue weighted by molar-refractivity contribution is 5.85. The molecule has 0 spiro atoms. The summed E-state index contributed by atoms with van der Waals surface area (Å²) in [6.45, 7) is 6.37. The van der Waals surface area contributed by atoms with Gasteiger partial charge in [-0.15, -0.1) is 12.4 Å². The Morgan fingerprint density at radius 3 is 2.81 bits per heavy atom. The van der Waals surface area contributed by atoms with E-state index >= 15 is 0 Å². The molecule has 2 aliphatic rings. The second-order valence-electron chi connectivity index (χ2n) is 6.39. The molecule has 1 saturated carbocycles. The third kappa shape index (κ3) is 3.58. The Labute approximate surface area is 133 Å². The van der Waals surface area contributed by atoms with Gasteiger partial charge >= 0.3 is 0 Å². The summed E-state index contributed by atoms with van der Waals surface area (Å²) in [5.41, 5.74) is 2.66. The summed E-state index contributed by atoms with van der Waals surface area (Å²) in [7, 11) is 0. The molecule has 4 atom stereocenters. The van der Waals surface area contributed by atoms with Crippen molar-refractivity contribution >= 4 is 18.3 Å². The van der Waals surface area contributed by atoms with E-state index in [1.54, 1.807) is 0 Å². The van der Waals surface area contributed by atoms with Crippen molar-refractivity contribution in [2.24, 2.45) is 11.8 Å². The smallest absolute Gasteiger partial charge is 0.223 e. The van der Waals surface area contributed by atoms with Crippen molar-refractivity contribution in [3.63, 3.8) is 0 Å². The Morgan fingerprint density at radius 2 is 2.10 bits per heavy atom. The van der Waals surface area contributed by atoms with E-state index in [1.807, 2.05) is 0 Å². The number of halogens is 1. The van der Waals surface area contributed by atoms with E-state index in [2.05, 4.69) is 48.7 Å². The highest BCUT2D eigenvalue weighted by Gasteiger charge is 2.45. The number of benzene rings is 1. The molecule has 2 fully saturated rings. The van der Waals surface area contributed by atoms with Crippen LogP contribution >= 0.6 is 12.4 Å². The van der Waals surface area contributed by atoms with Crippen molar-refractivity contribution in [2.75, 3.05) is 13.1 Å². The number of hydrogen-bond donors (Lipinski definition) is 2. The maximum Gasteiger partial charge on any atom is 0.223 e. The Bertz CT molecular complexity index is 505. The summed E-state index contributed by atoms with van der Waals surface area (Å²) in [5.74, 6) is 1.42. The van der Waals surface area contributed by atoms with Gasteiger partial charge in [0.25, 0.3) is 0 Å². The lowest BCUT2D eigenvalue weighted by molar-refractivity contribution is -0.123. The van der Waals surface area contributed by atoms with Gasteiger partial charge in [0.2, 0.25) is 5.91 Å². The molecule has 1 aromatic rings. The minimum absolute atomic E-state index is 0. The van der Waals surface area contributed by atoms with Crippen LogP contribution in [-0.4, -0.2) is 25.0 Å². The molecule has 1 saturated heterocycles. The fourth-order valence-corrected chi connectivity index (χ4v) is 3.35. The summed E-state index contributed by atoms with van der Waals surface area (Å²) in [6.07, 6.45) is 2.06. The van der Waals surface area contributed by atoms with E-state index in [4.69, 9.17) is 0 Å². The summed E-state index contributed by atoms with van der Waals surface area (Å²) in [4.78, 5) is 12.4. The lowest BCUT2D eigenvalue weighted by atomic mass is 9.95. The number of piperidine rings is 1. The monoisotopic (exact) mass is 308 g/mol. The summed E-state index contributed by atoms with van der Waals surface area (Å²) in [6, 6.07) is 8.79. The van der Waals surface area contributed by atoms with E-state index < -0.39 is 0 Å². The summed E-state index contributed by atoms with van der Waals surface area (Å²) in [5, 5.41) is 6.64. The van der Waals surface area contributed by atoms with Crippen LogP contribution in [0.3, 0.4) is 0 Å². The zero-order valence-corrected chi connectivity index (χ0v) is 13.6. The van der Waals surface area contributed by atoms with Crippen LogP contribution in [0.2, 0.25) is 0 Å². The van der Waals surface area contributed by atoms with Gasteiger partial charge < -0.3 is 10.6 Å². The molecule has 116 valence electrons. The molecule has 0 radical (unpaired) electrons. The molecule has 4 heteroatoms. The van der Waals surface area contributed by atoms with Gasteiger partial charge in [-0.25, -0.2) is 0 Å². The molecule has 3 nitrogen and oxygen atoms in total. The van der Waals surface area contributed by atoms with Gasteiger partial charge in [-0.05, 0) is 55.8 Å². The molecule has 0 bridgehead atoms. The van der Waals surface area contributed by atoms with Gasteiger partial charge in [-0.3, -0.25) is 4.79 Å². The van der Waals surface area contributed by atoms with E-state index in [0.717, 1.165) is 25.9 Å². The number of hydrogen-bond acceptors (Lipinski definition) is 2. The Balaban J connectivity index is 0.00000161. The molecule has 3 rings (SSSR count). The first-order valence-corrected chi connectivity index (χ1v) is 7.73. The third-order valence-corrected chi connectivity index (χ3v) is 4.83. The molecular formula is C17H25ClN2O. The average Bonchev–Trinajstić information content (AvgIpc) is 3.22. The van der Waals surface area contributed by atoms with Crippen molar-refractivity contribution in [3.8, 4) is 0 Å². The highest BCUT2D eigenvalue weighted by atomic mass is 35.5. The van der Waals surface area contributed by atoms with E-state index in [1.165, 1.54) is 11.1 Å². The van der Waals surface area contributed by atoms with Crippen LogP contribution in [0.4, 0.5) is 0 Å². The maximum absolute atomic E-state index is 12.4. The maximum atomic E-state index is 12.4. The van der Waals surface area contributed by atoms with E-state index in [0.29, 0.717) is 17.9 Å². The molecule has 1 aliphatic carbocycles. The van der Waals surface area contributed by atoms with Crippen molar-refractivity contribution in [3.05, 3.63) is 35.4 Å². The molecular weight excluding hydrogens is 284 g/mol. The summed E-state index contributed by atoms with van der Waals surface area (Å²) >= 11 is 0. The van der Waals surface area contributed by atoms with Gasteiger partial charge in [0.1, 0.15) is 0 Å². The number of aryl methyl sites for hydroxylation is 1. The first-order chi connectivity index (χ1) is 9.66. The summed E-state index contributed by atoms with van der Waals surface area (Å²) < 4.78 is 0. The SMILES string of the molecule is Cc1ccccc1C1CC1C(=O)NC1CCNCC1C.Cl. The Kier molecular flexibility index (Phi) is 5.28. The normalized spacial score (nSPS) is 31.1. The molecule has 1 heterocycles. The van der Waals surface area contributed by atoms with Crippen LogP contribution in [-0.2, 0) is 4.79 Å². The van der Waals surface area contributed by atoms with Crippen LogP contribution in [0, 0.1) is 18.8 Å². The van der Waals surface area contributed by atoms with Gasteiger partial charge in [0, 0.05) is 12.0 Å². The van der Waals surface area contributed by atoms with Crippen molar-refractivity contribution in [1.82, 2.24) is 10.6 Å². The highest BCUT2D eigenvalue weighted by Crippen LogP contribution is 2.48. The quantitative estimate of drug-likeness (QED) is 0.901. The molecule has 2 N–H and O–H groups in total. The molecule has 1 amide bonds. The molecule has 1 aliphatic heterocycles. The minimum atomic E-state index is 0. The second kappa shape index (κ2) is 6.80. The Morgan fingerprint density at radius 1 is 1.33 bits per heavy atom. The standard InChI is InChI=1S/C17H24N2O.ClH/c1-11-5-3-4-6-13(11)14-9-15(14)17(20)19-16-7-8-18-10-12(16)2;/h3-6,12,14-16,18H,7-10H2,1-2H3,(H,19,20);1H. The average molecular weight is 309 g/mol. The number of carbonyl (C=O) groups is 1. The number of rotatable bonds is 3. The first kappa shape index (κ1) is 16.3. The van der Waals surface area contributed by atoms with E-state index in [9.17, 15) is 4.79 Å². The van der Waals surface area contributed by atoms with Crippen LogP contribution < -0.4 is 10.6 Å². The van der Waals surface area contributed by atoms with Crippen LogP contribution in [0.15, 0.2) is 24.3 Å². The zero-order valence-electron chi connectivity index (χ0n) is 12.8. The number of amides is 1. The second-order valence-corrected chi connectivity index (χ2v) is 6.39. The van der Waals surface area contributed by atoms with Crippen LogP contribution in [0.25, 0.3) is 0 Å². The van der Waals surface area contributed by atoms with Gasteiger partial charge in [0.05, 0.1) is 0 Å². The lowest BCUT2D eigenvalue weighted by Gasteiger charge is -2.30. The van der Waals surface area contributed by atoms with Gasteiger partial charge in [-0.1, -0.05) is 31.2 Å². The topological polar surface area (TPSA) is 41.1 Å². The van der Waals surface area contributed by atoms with Crippen LogP contribution in [0.5, 0.6) is 0 Å². The largest absolute Gasteiger partial charge is 0.353 e. The number of nitrogens with one attached hydrogen (secondary N) is 2. The fraction of sp³-hybridized carbons (Fsp3) is 0.588. The minimum Gasteiger partial charge on any atom is -0.353 e. The first-order valence-electron chi connectivity index (χ1n) is 7.73.